The Bertz CT molecular complexity index is 1470. The molecule has 5 N–H and O–H groups in total. The SMILES string of the molecule is COC1/C=C\C=C(/C)C(=O)NC2=CC(=O)C(NCCOCCOCCOCCN=[N+]=[N-])=C(C[C@@H](C)C[C@H](OC)[C@H](O)[C@@H](C)/C=C(\C)[C@@H]1OC(N)=O)C2=O. The smallest absolute Gasteiger partial charge is 0.405 e. The van der Waals surface area contributed by atoms with Crippen molar-refractivity contribution in [3.05, 3.63) is 68.9 Å². The van der Waals surface area contributed by atoms with Gasteiger partial charge in [0.1, 0.15) is 6.10 Å². The summed E-state index contributed by atoms with van der Waals surface area (Å²) >= 11 is 0. The Morgan fingerprint density at radius 1 is 1.06 bits per heavy atom. The molecule has 294 valence electrons. The minimum Gasteiger partial charge on any atom is -0.439 e. The van der Waals surface area contributed by atoms with Crippen molar-refractivity contribution < 1.29 is 52.7 Å². The minimum absolute atomic E-state index is 0.103. The number of ketones is 2. The summed E-state index contributed by atoms with van der Waals surface area (Å²) < 4.78 is 33.0. The number of fused-ring (bicyclic) bond motifs is 2. The summed E-state index contributed by atoms with van der Waals surface area (Å²) in [5, 5.41) is 20.4. The Morgan fingerprint density at radius 3 is 2.34 bits per heavy atom. The highest BCUT2D eigenvalue weighted by Crippen LogP contribution is 2.29. The Labute approximate surface area is 310 Å². The lowest BCUT2D eigenvalue weighted by Gasteiger charge is -2.30. The zero-order valence-electron chi connectivity index (χ0n) is 31.4. The number of methoxy groups -OCH3 is 2. The number of aliphatic hydroxyl groups is 1. The maximum atomic E-state index is 13.9. The fourth-order valence-corrected chi connectivity index (χ4v) is 5.72. The van der Waals surface area contributed by atoms with Gasteiger partial charge in [-0.05, 0) is 43.7 Å². The van der Waals surface area contributed by atoms with E-state index in [0.29, 0.717) is 38.4 Å². The van der Waals surface area contributed by atoms with Crippen molar-refractivity contribution in [2.24, 2.45) is 22.7 Å². The van der Waals surface area contributed by atoms with Gasteiger partial charge < -0.3 is 49.9 Å². The van der Waals surface area contributed by atoms with E-state index in [4.69, 9.17) is 39.7 Å². The third kappa shape index (κ3) is 15.3. The van der Waals surface area contributed by atoms with Crippen molar-refractivity contribution in [3.8, 4) is 0 Å². The third-order valence-electron chi connectivity index (χ3n) is 8.48. The fourth-order valence-electron chi connectivity index (χ4n) is 5.72. The van der Waals surface area contributed by atoms with Crippen molar-refractivity contribution in [3.63, 3.8) is 0 Å². The van der Waals surface area contributed by atoms with Crippen LogP contribution in [0.25, 0.3) is 10.4 Å². The molecule has 17 nitrogen and oxygen atoms in total. The molecular formula is C36H54N6O11. The summed E-state index contributed by atoms with van der Waals surface area (Å²) in [6.07, 6.45) is 3.46. The van der Waals surface area contributed by atoms with E-state index in [1.165, 1.54) is 33.3 Å². The molecule has 1 aliphatic heterocycles. The van der Waals surface area contributed by atoms with Gasteiger partial charge in [-0.25, -0.2) is 4.79 Å². The van der Waals surface area contributed by atoms with Crippen LogP contribution in [-0.4, -0.2) is 120 Å². The number of nitrogens with two attached hydrogens (primary N) is 1. The standard InChI is InChI=1S/C36H54N6O11/c1-22-18-26-31(39-10-12-50-14-16-52-17-15-51-13-11-40-42-38)28(43)21-27(33(26)45)41-35(46)23(2)8-7-9-29(48-5)34(53-36(37)47)25(4)20-24(3)32(44)30(19-22)49-6/h7-9,20-22,24,29-30,32,34,39,44H,10-19H2,1-6H3,(H2,37,47)(H,41,46)/b9-7-,23-8+,25-20+/t22-,24+,29?,30+,32-,34+/m1/s1. The van der Waals surface area contributed by atoms with E-state index in [0.717, 1.165) is 6.08 Å². The molecule has 0 fully saturated rings. The number of hydrogen-bond acceptors (Lipinski definition) is 13. The summed E-state index contributed by atoms with van der Waals surface area (Å²) in [5.41, 5.74) is 14.5. The van der Waals surface area contributed by atoms with Crippen LogP contribution in [0.1, 0.15) is 40.5 Å². The number of Topliss-reactive ketones (excluding diaryl/α,β-unsaturated/α-hetero) is 1. The molecule has 1 aliphatic carbocycles. The molecule has 17 heteroatoms. The lowest BCUT2D eigenvalue weighted by Crippen LogP contribution is -2.38. The van der Waals surface area contributed by atoms with Crippen molar-refractivity contribution in [1.29, 1.82) is 0 Å². The second-order valence-corrected chi connectivity index (χ2v) is 12.6. The van der Waals surface area contributed by atoms with Crippen LogP contribution in [0.4, 0.5) is 4.79 Å². The molecule has 1 heterocycles. The van der Waals surface area contributed by atoms with Gasteiger partial charge >= 0.3 is 6.09 Å². The minimum atomic E-state index is -1.02. The van der Waals surface area contributed by atoms with E-state index in [1.54, 1.807) is 26.0 Å². The van der Waals surface area contributed by atoms with Gasteiger partial charge in [-0.3, -0.25) is 14.4 Å². The van der Waals surface area contributed by atoms with Gasteiger partial charge in [-0.2, -0.15) is 0 Å². The van der Waals surface area contributed by atoms with Gasteiger partial charge in [0, 0.05) is 55.4 Å². The Kier molecular flexibility index (Phi) is 20.3. The van der Waals surface area contributed by atoms with Crippen LogP contribution in [-0.2, 0) is 42.8 Å². The zero-order valence-corrected chi connectivity index (χ0v) is 31.4. The number of hydrogen-bond donors (Lipinski definition) is 4. The quantitative estimate of drug-likeness (QED) is 0.0445. The Balaban J connectivity index is 2.29. The molecule has 0 aromatic carbocycles. The molecule has 0 saturated heterocycles. The third-order valence-corrected chi connectivity index (χ3v) is 8.48. The molecule has 2 rings (SSSR count). The van der Waals surface area contributed by atoms with Crippen LogP contribution in [0.3, 0.4) is 0 Å². The fraction of sp³-hybridized carbons (Fsp3) is 0.611. The molecular weight excluding hydrogens is 692 g/mol. The number of nitrogens with zero attached hydrogens (tertiary/aromatic N) is 3. The first-order valence-corrected chi connectivity index (χ1v) is 17.4. The molecule has 2 bridgehead atoms. The number of allylic oxidation sites excluding steroid dienone is 4. The Hall–Kier alpha value is -4.35. The van der Waals surface area contributed by atoms with Crippen LogP contribution in [0.15, 0.2) is 63.6 Å². The van der Waals surface area contributed by atoms with Crippen molar-refractivity contribution >= 4 is 23.6 Å². The zero-order chi connectivity index (χ0) is 39.3. The number of primary amides is 1. The summed E-state index contributed by atoms with van der Waals surface area (Å²) in [6.45, 7) is 9.20. The molecule has 0 saturated carbocycles. The Morgan fingerprint density at radius 2 is 1.72 bits per heavy atom. The molecule has 6 atom stereocenters. The summed E-state index contributed by atoms with van der Waals surface area (Å²) in [6, 6.07) is 0. The predicted molar refractivity (Wildman–Crippen MR) is 194 cm³/mol. The number of ether oxygens (including phenoxy) is 6. The molecule has 53 heavy (non-hydrogen) atoms. The van der Waals surface area contributed by atoms with Gasteiger partial charge in [0.15, 0.2) is 6.10 Å². The van der Waals surface area contributed by atoms with E-state index in [-0.39, 0.29) is 61.2 Å². The maximum absolute atomic E-state index is 13.9. The van der Waals surface area contributed by atoms with Gasteiger partial charge in [0.25, 0.3) is 5.91 Å². The molecule has 2 aliphatic rings. The van der Waals surface area contributed by atoms with E-state index in [2.05, 4.69) is 20.7 Å². The number of rotatable bonds is 16. The molecule has 1 unspecified atom stereocenters. The number of amides is 2. The monoisotopic (exact) mass is 746 g/mol. The van der Waals surface area contributed by atoms with Crippen LogP contribution in [0.5, 0.6) is 0 Å². The molecule has 0 aromatic heterocycles. The highest BCUT2D eigenvalue weighted by molar-refractivity contribution is 6.23. The number of nitrogens with one attached hydrogen (secondary N) is 2. The molecule has 0 radical (unpaired) electrons. The molecule has 2 amide bonds. The summed E-state index contributed by atoms with van der Waals surface area (Å²) in [7, 11) is 2.90. The van der Waals surface area contributed by atoms with Crippen molar-refractivity contribution in [2.75, 3.05) is 67.0 Å². The van der Waals surface area contributed by atoms with E-state index >= 15 is 0 Å². The molecule has 0 spiro atoms. The average Bonchev–Trinajstić information content (AvgIpc) is 3.12. The first kappa shape index (κ1) is 44.8. The van der Waals surface area contributed by atoms with Crippen molar-refractivity contribution in [1.82, 2.24) is 10.6 Å². The van der Waals surface area contributed by atoms with Crippen LogP contribution in [0, 0.1) is 11.8 Å². The number of carbonyl (C=O) groups excluding carboxylic acids is 4. The average molecular weight is 747 g/mol. The highest BCUT2D eigenvalue weighted by atomic mass is 16.6. The van der Waals surface area contributed by atoms with Gasteiger partial charge in [0.05, 0.1) is 63.2 Å². The second kappa shape index (κ2) is 24.1. The van der Waals surface area contributed by atoms with E-state index < -0.39 is 53.9 Å². The summed E-state index contributed by atoms with van der Waals surface area (Å²) in [5.74, 6) is -2.35. The highest BCUT2D eigenvalue weighted by Gasteiger charge is 2.33. The first-order valence-electron chi connectivity index (χ1n) is 17.4. The normalized spacial score (nSPS) is 27.4. The van der Waals surface area contributed by atoms with E-state index in [9.17, 15) is 24.3 Å². The van der Waals surface area contributed by atoms with Crippen LogP contribution >= 0.6 is 0 Å². The second-order valence-electron chi connectivity index (χ2n) is 12.6. The number of azide groups is 1. The number of aliphatic hydroxyl groups excluding tert-OH is 1. The summed E-state index contributed by atoms with van der Waals surface area (Å²) in [4.78, 5) is 54.9. The van der Waals surface area contributed by atoms with Crippen molar-refractivity contribution in [2.45, 2.75) is 65.0 Å². The van der Waals surface area contributed by atoms with Gasteiger partial charge in [-0.15, -0.1) is 0 Å². The molecule has 0 aromatic rings. The lowest BCUT2D eigenvalue weighted by molar-refractivity contribution is -0.120. The largest absolute Gasteiger partial charge is 0.439 e. The first-order chi connectivity index (χ1) is 25.3. The maximum Gasteiger partial charge on any atom is 0.405 e. The topological polar surface area (TPSA) is 243 Å². The number of carbonyl (C=O) groups is 4. The van der Waals surface area contributed by atoms with Crippen LogP contribution in [0.2, 0.25) is 0 Å². The van der Waals surface area contributed by atoms with Gasteiger partial charge in [-0.1, -0.05) is 43.3 Å². The predicted octanol–water partition coefficient (Wildman–Crippen LogP) is 2.71. The lowest BCUT2D eigenvalue weighted by atomic mass is 9.85. The van der Waals surface area contributed by atoms with Crippen LogP contribution < -0.4 is 16.4 Å². The van der Waals surface area contributed by atoms with Gasteiger partial charge in [0.2, 0.25) is 11.6 Å². The van der Waals surface area contributed by atoms with E-state index in [1.807, 2.05) is 6.92 Å².